The molecule has 0 spiro atoms. The third-order valence-electron chi connectivity index (χ3n) is 5.42. The van der Waals surface area contributed by atoms with Gasteiger partial charge in [0.2, 0.25) is 0 Å². The highest BCUT2D eigenvalue weighted by atomic mass is 35.5. The maximum atomic E-state index is 12.4. The number of carbonyl (C=O) groups excluding carboxylic acids is 1. The second-order valence-corrected chi connectivity index (χ2v) is 7.21. The standard InChI is InChI=1S/C22H29N3O2.ClH/c1-16-8-9-20(14-18(16)3)27-15-23-22(26)25-12-10-24(11-13-25)21-7-5-6-17(2)19(21)4;/h5-9,14H,10-13,15H2,1-4H3,(H,23,26);1H. The Balaban J connectivity index is 0.00000280. The molecular formula is C22H30ClN3O2. The van der Waals surface area contributed by atoms with Gasteiger partial charge < -0.3 is 19.9 Å². The molecule has 3 rings (SSSR count). The van der Waals surface area contributed by atoms with Gasteiger partial charge in [0, 0.05) is 31.9 Å². The predicted molar refractivity (Wildman–Crippen MR) is 117 cm³/mol. The fourth-order valence-electron chi connectivity index (χ4n) is 3.33. The number of aryl methyl sites for hydroxylation is 3. The normalized spacial score (nSPS) is 13.7. The molecule has 1 heterocycles. The van der Waals surface area contributed by atoms with E-state index in [0.717, 1.165) is 18.8 Å². The molecule has 0 saturated carbocycles. The summed E-state index contributed by atoms with van der Waals surface area (Å²) in [7, 11) is 0. The summed E-state index contributed by atoms with van der Waals surface area (Å²) in [6.07, 6.45) is 0. The van der Waals surface area contributed by atoms with Gasteiger partial charge >= 0.3 is 6.03 Å². The van der Waals surface area contributed by atoms with Crippen molar-refractivity contribution in [3.05, 3.63) is 58.7 Å². The minimum atomic E-state index is -0.0700. The van der Waals surface area contributed by atoms with Gasteiger partial charge in [-0.1, -0.05) is 18.2 Å². The Labute approximate surface area is 174 Å². The first-order valence-corrected chi connectivity index (χ1v) is 9.49. The lowest BCUT2D eigenvalue weighted by Crippen LogP contribution is -2.52. The van der Waals surface area contributed by atoms with Crippen molar-refractivity contribution in [1.29, 1.82) is 0 Å². The first-order valence-electron chi connectivity index (χ1n) is 9.49. The molecule has 2 amide bonds. The smallest absolute Gasteiger partial charge is 0.320 e. The van der Waals surface area contributed by atoms with E-state index in [0.29, 0.717) is 13.1 Å². The molecule has 152 valence electrons. The molecule has 0 radical (unpaired) electrons. The Morgan fingerprint density at radius 3 is 2.36 bits per heavy atom. The molecule has 0 aliphatic carbocycles. The Morgan fingerprint density at radius 2 is 1.68 bits per heavy atom. The highest BCUT2D eigenvalue weighted by molar-refractivity contribution is 5.85. The highest BCUT2D eigenvalue weighted by Crippen LogP contribution is 2.23. The van der Waals surface area contributed by atoms with Gasteiger partial charge in [0.1, 0.15) is 5.75 Å². The summed E-state index contributed by atoms with van der Waals surface area (Å²) < 4.78 is 5.65. The van der Waals surface area contributed by atoms with E-state index in [1.54, 1.807) is 0 Å². The molecule has 1 fully saturated rings. The van der Waals surface area contributed by atoms with Crippen LogP contribution in [0.15, 0.2) is 36.4 Å². The summed E-state index contributed by atoms with van der Waals surface area (Å²) in [5, 5.41) is 2.86. The fourth-order valence-corrected chi connectivity index (χ4v) is 3.33. The number of hydrogen-bond donors (Lipinski definition) is 1. The minimum Gasteiger partial charge on any atom is -0.473 e. The summed E-state index contributed by atoms with van der Waals surface area (Å²) in [6, 6.07) is 12.3. The second-order valence-electron chi connectivity index (χ2n) is 7.21. The highest BCUT2D eigenvalue weighted by Gasteiger charge is 2.22. The number of urea groups is 1. The van der Waals surface area contributed by atoms with Crippen LogP contribution in [0.2, 0.25) is 0 Å². The van der Waals surface area contributed by atoms with Crippen LogP contribution in [0.4, 0.5) is 10.5 Å². The van der Waals surface area contributed by atoms with E-state index >= 15 is 0 Å². The van der Waals surface area contributed by atoms with E-state index in [-0.39, 0.29) is 25.2 Å². The molecule has 1 aliphatic heterocycles. The number of carbonyl (C=O) groups is 1. The van der Waals surface area contributed by atoms with Gasteiger partial charge in [-0.3, -0.25) is 0 Å². The molecule has 1 aliphatic rings. The molecule has 2 aromatic carbocycles. The van der Waals surface area contributed by atoms with Crippen molar-refractivity contribution in [2.45, 2.75) is 27.7 Å². The zero-order valence-corrected chi connectivity index (χ0v) is 17.9. The van der Waals surface area contributed by atoms with Crippen LogP contribution < -0.4 is 15.0 Å². The summed E-state index contributed by atoms with van der Waals surface area (Å²) in [6.45, 7) is 11.7. The van der Waals surface area contributed by atoms with Crippen LogP contribution in [-0.4, -0.2) is 43.8 Å². The first-order chi connectivity index (χ1) is 13.0. The van der Waals surface area contributed by atoms with Crippen molar-refractivity contribution in [2.24, 2.45) is 0 Å². The monoisotopic (exact) mass is 403 g/mol. The number of halogens is 1. The second kappa shape index (κ2) is 9.69. The summed E-state index contributed by atoms with van der Waals surface area (Å²) >= 11 is 0. The molecule has 5 nitrogen and oxygen atoms in total. The van der Waals surface area contributed by atoms with Gasteiger partial charge in [0.25, 0.3) is 0 Å². The van der Waals surface area contributed by atoms with Gasteiger partial charge in [-0.05, 0) is 68.1 Å². The molecule has 0 aromatic heterocycles. The third kappa shape index (κ3) is 5.10. The van der Waals surface area contributed by atoms with E-state index in [4.69, 9.17) is 4.74 Å². The average molecular weight is 404 g/mol. The SMILES string of the molecule is Cc1ccc(OCNC(=O)N2CCN(c3cccc(C)c3C)CC2)cc1C.Cl. The van der Waals surface area contributed by atoms with Gasteiger partial charge in [-0.25, -0.2) is 4.79 Å². The summed E-state index contributed by atoms with van der Waals surface area (Å²) in [4.78, 5) is 16.6. The largest absolute Gasteiger partial charge is 0.473 e. The molecule has 1 N–H and O–H groups in total. The van der Waals surface area contributed by atoms with Crippen LogP contribution in [0.5, 0.6) is 5.75 Å². The average Bonchev–Trinajstić information content (AvgIpc) is 2.67. The molecule has 6 heteroatoms. The lowest BCUT2D eigenvalue weighted by Gasteiger charge is -2.37. The maximum Gasteiger partial charge on any atom is 0.320 e. The lowest BCUT2D eigenvalue weighted by atomic mass is 10.1. The van der Waals surface area contributed by atoms with Gasteiger partial charge in [0.15, 0.2) is 6.73 Å². The van der Waals surface area contributed by atoms with E-state index in [9.17, 15) is 4.79 Å². The van der Waals surface area contributed by atoms with Crippen LogP contribution in [0, 0.1) is 27.7 Å². The van der Waals surface area contributed by atoms with Crippen molar-refractivity contribution in [1.82, 2.24) is 10.2 Å². The van der Waals surface area contributed by atoms with E-state index < -0.39 is 0 Å². The van der Waals surface area contributed by atoms with Crippen molar-refractivity contribution in [3.63, 3.8) is 0 Å². The number of amides is 2. The Bertz CT molecular complexity index is 817. The number of rotatable bonds is 4. The van der Waals surface area contributed by atoms with Crippen LogP contribution in [0.3, 0.4) is 0 Å². The van der Waals surface area contributed by atoms with Gasteiger partial charge in [0.05, 0.1) is 0 Å². The van der Waals surface area contributed by atoms with Crippen molar-refractivity contribution in [3.8, 4) is 5.75 Å². The zero-order valence-electron chi connectivity index (χ0n) is 17.1. The molecule has 0 atom stereocenters. The summed E-state index contributed by atoms with van der Waals surface area (Å²) in [5.41, 5.74) is 6.30. The lowest BCUT2D eigenvalue weighted by molar-refractivity contribution is 0.181. The van der Waals surface area contributed by atoms with E-state index in [1.165, 1.54) is 27.9 Å². The van der Waals surface area contributed by atoms with Crippen LogP contribution in [0.1, 0.15) is 22.3 Å². The number of anilines is 1. The molecule has 2 aromatic rings. The number of ether oxygens (including phenoxy) is 1. The van der Waals surface area contributed by atoms with Crippen molar-refractivity contribution >= 4 is 24.1 Å². The van der Waals surface area contributed by atoms with E-state index in [1.807, 2.05) is 23.1 Å². The van der Waals surface area contributed by atoms with Gasteiger partial charge in [-0.2, -0.15) is 0 Å². The van der Waals surface area contributed by atoms with Crippen molar-refractivity contribution in [2.75, 3.05) is 37.8 Å². The Morgan fingerprint density at radius 1 is 0.964 bits per heavy atom. The maximum absolute atomic E-state index is 12.4. The number of piperazine rings is 1. The van der Waals surface area contributed by atoms with Crippen molar-refractivity contribution < 1.29 is 9.53 Å². The van der Waals surface area contributed by atoms with Gasteiger partial charge in [-0.15, -0.1) is 12.4 Å². The molecule has 0 unspecified atom stereocenters. The number of nitrogens with one attached hydrogen (secondary N) is 1. The Kier molecular flexibility index (Phi) is 7.58. The topological polar surface area (TPSA) is 44.8 Å². The zero-order chi connectivity index (χ0) is 19.4. The number of hydrogen-bond acceptors (Lipinski definition) is 3. The Hall–Kier alpha value is -2.40. The predicted octanol–water partition coefficient (Wildman–Crippen LogP) is 4.21. The number of benzene rings is 2. The molecular weight excluding hydrogens is 374 g/mol. The number of nitrogens with zero attached hydrogens (tertiary/aromatic N) is 2. The van der Waals surface area contributed by atoms with E-state index in [2.05, 4.69) is 56.1 Å². The molecule has 28 heavy (non-hydrogen) atoms. The summed E-state index contributed by atoms with van der Waals surface area (Å²) in [5.74, 6) is 0.776. The fraction of sp³-hybridized carbons (Fsp3) is 0.409. The third-order valence-corrected chi connectivity index (χ3v) is 5.42. The van der Waals surface area contributed by atoms with Crippen LogP contribution in [-0.2, 0) is 0 Å². The van der Waals surface area contributed by atoms with Crippen LogP contribution >= 0.6 is 12.4 Å². The molecule has 0 bridgehead atoms. The first kappa shape index (κ1) is 21.9. The quantitative estimate of drug-likeness (QED) is 0.778. The van der Waals surface area contributed by atoms with Crippen LogP contribution in [0.25, 0.3) is 0 Å². The molecule has 1 saturated heterocycles. The minimum absolute atomic E-state index is 0.